The smallest absolute Gasteiger partial charge is 0.229 e. The zero-order valence-corrected chi connectivity index (χ0v) is 21.5. The number of aryl methyl sites for hydroxylation is 2. The standard InChI is InChI=1S/C24H30FN9S/c1-6-32-9-11-33(12-10-32)19-8-7-18(30-31-19)28-24-26-13-17(25)21(29-24)22-15(4)20-23(35-22)34(14(2)3)16(5)27-20/h7-8,13-14H,6,9-12H2,1-5H3,(H,26,28,29,30). The number of hydrogen-bond donors (Lipinski definition) is 1. The highest BCUT2D eigenvalue weighted by Crippen LogP contribution is 2.39. The molecule has 0 atom stereocenters. The third kappa shape index (κ3) is 4.45. The zero-order chi connectivity index (χ0) is 24.7. The number of likely N-dealkylation sites (N-methyl/N-ethyl adjacent to an activating group) is 1. The molecule has 1 aliphatic heterocycles. The van der Waals surface area contributed by atoms with Gasteiger partial charge in [-0.2, -0.15) is 0 Å². The Morgan fingerprint density at radius 1 is 1.09 bits per heavy atom. The highest BCUT2D eigenvalue weighted by molar-refractivity contribution is 7.22. The Hall–Kier alpha value is -3.18. The van der Waals surface area contributed by atoms with E-state index in [0.717, 1.165) is 65.2 Å². The molecular weight excluding hydrogens is 465 g/mol. The Morgan fingerprint density at radius 3 is 2.51 bits per heavy atom. The fourth-order valence-corrected chi connectivity index (χ4v) is 5.96. The van der Waals surface area contributed by atoms with Crippen LogP contribution in [0.25, 0.3) is 20.9 Å². The van der Waals surface area contributed by atoms with Crippen LogP contribution in [0.15, 0.2) is 18.3 Å². The molecule has 11 heteroatoms. The fraction of sp³-hybridized carbons (Fsp3) is 0.458. The number of fused-ring (bicyclic) bond motifs is 1. The second-order valence-corrected chi connectivity index (χ2v) is 10.0. The molecule has 0 spiro atoms. The summed E-state index contributed by atoms with van der Waals surface area (Å²) >= 11 is 1.51. The third-order valence-corrected chi connectivity index (χ3v) is 7.73. The maximum atomic E-state index is 14.8. The van der Waals surface area contributed by atoms with Gasteiger partial charge in [0.2, 0.25) is 5.95 Å². The van der Waals surface area contributed by atoms with Gasteiger partial charge in [0.1, 0.15) is 21.9 Å². The van der Waals surface area contributed by atoms with Crippen LogP contribution in [0.2, 0.25) is 0 Å². The van der Waals surface area contributed by atoms with Gasteiger partial charge in [0.25, 0.3) is 0 Å². The van der Waals surface area contributed by atoms with Crippen LogP contribution in [-0.2, 0) is 0 Å². The molecule has 4 aromatic rings. The Bertz CT molecular complexity index is 1340. The number of piperazine rings is 1. The number of hydrogen-bond acceptors (Lipinski definition) is 9. The first-order valence-corrected chi connectivity index (χ1v) is 12.8. The average molecular weight is 496 g/mol. The van der Waals surface area contributed by atoms with Crippen molar-refractivity contribution in [3.63, 3.8) is 0 Å². The summed E-state index contributed by atoms with van der Waals surface area (Å²) in [6.07, 6.45) is 1.19. The lowest BCUT2D eigenvalue weighted by Gasteiger charge is -2.34. The van der Waals surface area contributed by atoms with Crippen molar-refractivity contribution in [2.45, 2.75) is 40.7 Å². The summed E-state index contributed by atoms with van der Waals surface area (Å²) in [5.41, 5.74) is 2.07. The van der Waals surface area contributed by atoms with Gasteiger partial charge in [0.05, 0.1) is 11.1 Å². The average Bonchev–Trinajstić information content (AvgIpc) is 3.35. The predicted molar refractivity (Wildman–Crippen MR) is 138 cm³/mol. The van der Waals surface area contributed by atoms with E-state index >= 15 is 0 Å². The first-order chi connectivity index (χ1) is 16.9. The summed E-state index contributed by atoms with van der Waals surface area (Å²) in [6, 6.07) is 4.05. The highest BCUT2D eigenvalue weighted by Gasteiger charge is 2.22. The molecule has 0 bridgehead atoms. The number of thiophene rings is 1. The number of halogens is 1. The number of nitrogens with zero attached hydrogens (tertiary/aromatic N) is 8. The molecule has 1 aliphatic rings. The van der Waals surface area contributed by atoms with Crippen molar-refractivity contribution in [3.05, 3.63) is 35.5 Å². The molecule has 4 aromatic heterocycles. The molecule has 5 rings (SSSR count). The third-order valence-electron chi connectivity index (χ3n) is 6.45. The Labute approximate surface area is 208 Å². The zero-order valence-electron chi connectivity index (χ0n) is 20.7. The van der Waals surface area contributed by atoms with Crippen LogP contribution in [0.1, 0.15) is 38.2 Å². The van der Waals surface area contributed by atoms with Crippen molar-refractivity contribution >= 4 is 39.3 Å². The van der Waals surface area contributed by atoms with E-state index in [2.05, 4.69) is 60.6 Å². The van der Waals surface area contributed by atoms with Crippen molar-refractivity contribution in [2.24, 2.45) is 0 Å². The molecule has 0 aliphatic carbocycles. The largest absolute Gasteiger partial charge is 0.353 e. The SMILES string of the molecule is CCN1CCN(c2ccc(Nc3ncc(F)c(-c4sc5c(nc(C)n5C(C)C)c4C)n3)nn2)CC1. The molecule has 0 amide bonds. The maximum absolute atomic E-state index is 14.8. The first-order valence-electron chi connectivity index (χ1n) is 11.9. The monoisotopic (exact) mass is 495 g/mol. The summed E-state index contributed by atoms with van der Waals surface area (Å²) in [5, 5.41) is 11.7. The Kier molecular flexibility index (Phi) is 6.37. The van der Waals surface area contributed by atoms with Gasteiger partial charge in [0.15, 0.2) is 17.5 Å². The van der Waals surface area contributed by atoms with Crippen LogP contribution < -0.4 is 10.2 Å². The lowest BCUT2D eigenvalue weighted by Crippen LogP contribution is -2.46. The Morgan fingerprint density at radius 2 is 1.86 bits per heavy atom. The van der Waals surface area contributed by atoms with Crippen molar-refractivity contribution in [1.29, 1.82) is 0 Å². The number of nitrogens with one attached hydrogen (secondary N) is 1. The molecule has 9 nitrogen and oxygen atoms in total. The second-order valence-electron chi connectivity index (χ2n) is 9.05. The van der Waals surface area contributed by atoms with Crippen molar-refractivity contribution in [1.82, 2.24) is 34.6 Å². The minimum atomic E-state index is -0.469. The summed E-state index contributed by atoms with van der Waals surface area (Å²) in [5.74, 6) is 2.11. The van der Waals surface area contributed by atoms with Gasteiger partial charge in [-0.25, -0.2) is 19.3 Å². The minimum Gasteiger partial charge on any atom is -0.353 e. The number of imidazole rings is 1. The minimum absolute atomic E-state index is 0.259. The van der Waals surface area contributed by atoms with Crippen LogP contribution in [-0.4, -0.2) is 67.3 Å². The normalized spacial score (nSPS) is 14.9. The fourth-order valence-electron chi connectivity index (χ4n) is 4.54. The van der Waals surface area contributed by atoms with Crippen LogP contribution in [0.5, 0.6) is 0 Å². The molecule has 0 radical (unpaired) electrons. The van der Waals surface area contributed by atoms with Crippen LogP contribution in [0.4, 0.5) is 22.0 Å². The maximum Gasteiger partial charge on any atom is 0.229 e. The predicted octanol–water partition coefficient (Wildman–Crippen LogP) is 4.57. The summed E-state index contributed by atoms with van der Waals surface area (Å²) in [6.45, 7) is 15.4. The van der Waals surface area contributed by atoms with E-state index in [1.807, 2.05) is 26.0 Å². The summed E-state index contributed by atoms with van der Waals surface area (Å²) in [7, 11) is 0. The molecule has 1 fully saturated rings. The van der Waals surface area contributed by atoms with Gasteiger partial charge in [-0.05, 0) is 51.9 Å². The van der Waals surface area contributed by atoms with Gasteiger partial charge in [-0.1, -0.05) is 6.92 Å². The lowest BCUT2D eigenvalue weighted by molar-refractivity contribution is 0.270. The van der Waals surface area contributed by atoms with E-state index in [9.17, 15) is 4.39 Å². The molecule has 5 heterocycles. The van der Waals surface area contributed by atoms with E-state index in [1.165, 1.54) is 17.5 Å². The van der Waals surface area contributed by atoms with Crippen LogP contribution >= 0.6 is 11.3 Å². The van der Waals surface area contributed by atoms with E-state index in [1.54, 1.807) is 0 Å². The Balaban J connectivity index is 1.38. The van der Waals surface area contributed by atoms with Crippen molar-refractivity contribution in [3.8, 4) is 10.6 Å². The molecular formula is C24H30FN9S. The quantitative estimate of drug-likeness (QED) is 0.416. The van der Waals surface area contributed by atoms with Crippen molar-refractivity contribution in [2.75, 3.05) is 42.9 Å². The van der Waals surface area contributed by atoms with E-state index < -0.39 is 5.82 Å². The van der Waals surface area contributed by atoms with Crippen LogP contribution in [0.3, 0.4) is 0 Å². The van der Waals surface area contributed by atoms with Gasteiger partial charge in [-0.3, -0.25) is 0 Å². The molecule has 1 saturated heterocycles. The number of anilines is 3. The van der Waals surface area contributed by atoms with Gasteiger partial charge in [-0.15, -0.1) is 21.5 Å². The summed E-state index contributed by atoms with van der Waals surface area (Å²) < 4.78 is 17.0. The number of rotatable bonds is 6. The van der Waals surface area contributed by atoms with E-state index in [-0.39, 0.29) is 17.7 Å². The summed E-state index contributed by atoms with van der Waals surface area (Å²) in [4.78, 5) is 19.8. The first kappa shape index (κ1) is 23.6. The molecule has 0 unspecified atom stereocenters. The second kappa shape index (κ2) is 9.46. The molecule has 1 N–H and O–H groups in total. The molecule has 0 saturated carbocycles. The van der Waals surface area contributed by atoms with E-state index in [0.29, 0.717) is 5.82 Å². The topological polar surface area (TPSA) is 87.9 Å². The molecule has 35 heavy (non-hydrogen) atoms. The highest BCUT2D eigenvalue weighted by atomic mass is 32.1. The van der Waals surface area contributed by atoms with E-state index in [4.69, 9.17) is 4.98 Å². The van der Waals surface area contributed by atoms with Crippen LogP contribution in [0, 0.1) is 19.7 Å². The van der Waals surface area contributed by atoms with Gasteiger partial charge >= 0.3 is 0 Å². The van der Waals surface area contributed by atoms with Gasteiger partial charge < -0.3 is 19.7 Å². The van der Waals surface area contributed by atoms with Gasteiger partial charge in [0, 0.05) is 32.2 Å². The number of aromatic nitrogens is 6. The molecule has 0 aromatic carbocycles. The molecule has 184 valence electrons. The lowest BCUT2D eigenvalue weighted by atomic mass is 10.2. The van der Waals surface area contributed by atoms with Crippen molar-refractivity contribution < 1.29 is 4.39 Å².